The van der Waals surface area contributed by atoms with Gasteiger partial charge in [-0.2, -0.15) is 4.31 Å². The summed E-state index contributed by atoms with van der Waals surface area (Å²) in [6.07, 6.45) is 3.07. The van der Waals surface area contributed by atoms with Crippen LogP contribution in [-0.4, -0.2) is 151 Å². The van der Waals surface area contributed by atoms with Gasteiger partial charge >= 0.3 is 0 Å². The normalized spacial score (nSPS) is 21.5. The minimum Gasteiger partial charge on any atom is -0.486 e. The molecule has 0 spiro atoms. The van der Waals surface area contributed by atoms with Crippen LogP contribution < -0.4 is 25.2 Å². The topological polar surface area (TPSA) is 181 Å². The number of likely N-dealkylation sites (tertiary alicyclic amines) is 1. The Bertz CT molecular complexity index is 2720. The van der Waals surface area contributed by atoms with E-state index in [1.54, 1.807) is 30.3 Å². The van der Waals surface area contributed by atoms with Gasteiger partial charge in [-0.15, -0.1) is 0 Å². The molecule has 6 aliphatic rings. The lowest BCUT2D eigenvalue weighted by atomic mass is 9.96. The molecule has 7 heterocycles. The fourth-order valence-corrected chi connectivity index (χ4v) is 11.6. The van der Waals surface area contributed by atoms with E-state index in [2.05, 4.69) is 35.3 Å². The highest BCUT2D eigenvalue weighted by molar-refractivity contribution is 7.89. The Balaban J connectivity index is 0.708. The number of anilines is 4. The second kappa shape index (κ2) is 17.3. The molecule has 1 unspecified atom stereocenters. The lowest BCUT2D eigenvalue weighted by Gasteiger charge is -2.50. The summed E-state index contributed by atoms with van der Waals surface area (Å²) in [4.78, 5) is 69.8. The van der Waals surface area contributed by atoms with Crippen LogP contribution in [0.4, 0.5) is 31.8 Å². The number of aromatic nitrogens is 2. The summed E-state index contributed by atoms with van der Waals surface area (Å²) in [5, 5.41) is 5.26. The van der Waals surface area contributed by atoms with Crippen molar-refractivity contribution in [3.05, 3.63) is 83.6 Å². The fourth-order valence-electron chi connectivity index (χ4n) is 10.2. The van der Waals surface area contributed by atoms with E-state index in [0.29, 0.717) is 81.1 Å². The standard InChI is InChI=1S/C46H50F2N10O7S/c1-27(2)57-20-21-65-42-34(47)22-28(23-38(42)57)41-35(48)24-49-46(52-41)50-29-6-8-32(9-7-29)66(63,64)56-18-16-54(17-19-56)30-12-14-53(15-13-30)31-25-55(26-31)36-5-3-4-33-40(36)45(62)58(44(33)61)37-10-11-39(59)51-43(37)60/h3-9,22-24,27,30-31,37H,10-21,25-26H2,1-2H3,(H,49,50,52)(H,51,59,60). The third kappa shape index (κ3) is 7.92. The van der Waals surface area contributed by atoms with Gasteiger partial charge in [-0.3, -0.25) is 39.2 Å². The van der Waals surface area contributed by atoms with E-state index >= 15 is 8.78 Å². The van der Waals surface area contributed by atoms with Crippen molar-refractivity contribution in [1.29, 1.82) is 0 Å². The smallest absolute Gasteiger partial charge is 0.264 e. The number of ether oxygens (including phenoxy) is 1. The zero-order valence-electron chi connectivity index (χ0n) is 36.6. The summed E-state index contributed by atoms with van der Waals surface area (Å²) in [6, 6.07) is 14.0. The molecule has 6 aliphatic heterocycles. The first-order valence-electron chi connectivity index (χ1n) is 22.5. The van der Waals surface area contributed by atoms with Crippen molar-refractivity contribution in [3.63, 3.8) is 0 Å². The van der Waals surface area contributed by atoms with E-state index in [4.69, 9.17) is 4.74 Å². The predicted molar refractivity (Wildman–Crippen MR) is 239 cm³/mol. The molecule has 0 saturated carbocycles. The monoisotopic (exact) mass is 924 g/mol. The highest BCUT2D eigenvalue weighted by Crippen LogP contribution is 2.40. The molecule has 4 aromatic rings. The first-order chi connectivity index (χ1) is 31.7. The number of hydrogen-bond donors (Lipinski definition) is 2. The number of fused-ring (bicyclic) bond motifs is 2. The number of nitrogens with zero attached hydrogens (tertiary/aromatic N) is 8. The van der Waals surface area contributed by atoms with E-state index in [1.165, 1.54) is 22.5 Å². The summed E-state index contributed by atoms with van der Waals surface area (Å²) in [5.74, 6) is -3.22. The van der Waals surface area contributed by atoms with E-state index in [1.807, 2.05) is 24.8 Å². The molecule has 346 valence electrons. The van der Waals surface area contributed by atoms with E-state index in [-0.39, 0.29) is 58.3 Å². The lowest BCUT2D eigenvalue weighted by molar-refractivity contribution is -0.136. The van der Waals surface area contributed by atoms with Gasteiger partial charge in [0.25, 0.3) is 11.8 Å². The van der Waals surface area contributed by atoms with Gasteiger partial charge in [0.15, 0.2) is 17.4 Å². The van der Waals surface area contributed by atoms with Crippen molar-refractivity contribution in [1.82, 2.24) is 34.3 Å². The van der Waals surface area contributed by atoms with Gasteiger partial charge in [-0.1, -0.05) is 6.07 Å². The third-order valence-electron chi connectivity index (χ3n) is 13.8. The van der Waals surface area contributed by atoms with Gasteiger partial charge < -0.3 is 19.9 Å². The Hall–Kier alpha value is -6.09. The van der Waals surface area contributed by atoms with Gasteiger partial charge in [0.2, 0.25) is 27.8 Å². The predicted octanol–water partition coefficient (Wildman–Crippen LogP) is 3.83. The highest BCUT2D eigenvalue weighted by atomic mass is 32.2. The molecule has 4 amide bonds. The van der Waals surface area contributed by atoms with Crippen LogP contribution in [0.25, 0.3) is 11.3 Å². The molecule has 66 heavy (non-hydrogen) atoms. The number of amides is 4. The minimum atomic E-state index is -3.78. The van der Waals surface area contributed by atoms with Gasteiger partial charge in [0.1, 0.15) is 18.3 Å². The Morgan fingerprint density at radius 2 is 1.55 bits per heavy atom. The Kier molecular flexibility index (Phi) is 11.5. The average molecular weight is 925 g/mol. The second-order valence-corrected chi connectivity index (χ2v) is 19.8. The maximum atomic E-state index is 15.2. The number of piperazine rings is 1. The van der Waals surface area contributed by atoms with E-state index in [9.17, 15) is 27.6 Å². The molecule has 1 atom stereocenters. The van der Waals surface area contributed by atoms with Crippen molar-refractivity contribution in [2.24, 2.45) is 0 Å². The first-order valence-corrected chi connectivity index (χ1v) is 23.9. The van der Waals surface area contributed by atoms with Crippen molar-refractivity contribution in [3.8, 4) is 17.0 Å². The molecule has 20 heteroatoms. The lowest BCUT2D eigenvalue weighted by Crippen LogP contribution is -2.62. The van der Waals surface area contributed by atoms with Crippen LogP contribution in [0.3, 0.4) is 0 Å². The van der Waals surface area contributed by atoms with Crippen molar-refractivity contribution < 1.29 is 41.1 Å². The summed E-state index contributed by atoms with van der Waals surface area (Å²) in [7, 11) is -3.78. The van der Waals surface area contributed by atoms with Crippen LogP contribution in [0.2, 0.25) is 0 Å². The van der Waals surface area contributed by atoms with Crippen LogP contribution in [0.5, 0.6) is 5.75 Å². The molecular formula is C46H50F2N10O7S. The number of halogens is 2. The van der Waals surface area contributed by atoms with Gasteiger partial charge in [-0.25, -0.2) is 27.2 Å². The SMILES string of the molecule is CC(C)N1CCOc2c(F)cc(-c3nc(Nc4ccc(S(=O)(=O)N5CCN(C6CCN(C7CN(c8cccc9c8C(=O)N(C8CCC(=O)NC8=O)C9=O)C7)CC6)CC5)cc4)ncc3F)cc21. The maximum Gasteiger partial charge on any atom is 0.264 e. The molecule has 17 nitrogen and oxygen atoms in total. The van der Waals surface area contributed by atoms with Crippen LogP contribution >= 0.6 is 0 Å². The number of carbonyl (C=O) groups is 4. The number of sulfonamides is 1. The maximum absolute atomic E-state index is 15.2. The number of nitrogens with one attached hydrogen (secondary N) is 2. The molecule has 10 rings (SSSR count). The second-order valence-electron chi connectivity index (χ2n) is 17.9. The van der Waals surface area contributed by atoms with Crippen molar-refractivity contribution in [2.45, 2.75) is 68.6 Å². The fraction of sp³-hybridized carbons (Fsp3) is 0.435. The largest absolute Gasteiger partial charge is 0.486 e. The van der Waals surface area contributed by atoms with Crippen LogP contribution in [0, 0.1) is 11.6 Å². The molecule has 3 aromatic carbocycles. The van der Waals surface area contributed by atoms with Crippen molar-refractivity contribution >= 4 is 56.7 Å². The molecule has 2 N–H and O–H groups in total. The number of piperidine rings is 2. The number of hydrogen-bond acceptors (Lipinski definition) is 14. The zero-order valence-corrected chi connectivity index (χ0v) is 37.4. The van der Waals surface area contributed by atoms with Crippen LogP contribution in [-0.2, 0) is 19.6 Å². The molecular weight excluding hydrogens is 875 g/mol. The Morgan fingerprint density at radius 3 is 2.26 bits per heavy atom. The Labute approximate surface area is 380 Å². The quantitative estimate of drug-likeness (QED) is 0.219. The molecule has 0 aliphatic carbocycles. The summed E-state index contributed by atoms with van der Waals surface area (Å²) in [6.45, 7) is 10.0. The number of carbonyl (C=O) groups excluding carboxylic acids is 4. The van der Waals surface area contributed by atoms with Gasteiger partial charge in [-0.05, 0) is 81.6 Å². The molecule has 4 saturated heterocycles. The summed E-state index contributed by atoms with van der Waals surface area (Å²) >= 11 is 0. The van der Waals surface area contributed by atoms with Gasteiger partial charge in [0.05, 0.1) is 40.1 Å². The molecule has 0 bridgehead atoms. The summed E-state index contributed by atoms with van der Waals surface area (Å²) < 4.78 is 64.9. The summed E-state index contributed by atoms with van der Waals surface area (Å²) in [5.41, 5.74) is 2.41. The average Bonchev–Trinajstić information content (AvgIpc) is 3.55. The third-order valence-corrected chi connectivity index (χ3v) is 15.7. The zero-order chi connectivity index (χ0) is 46.0. The van der Waals surface area contributed by atoms with Crippen LogP contribution in [0.1, 0.15) is 60.2 Å². The molecule has 4 fully saturated rings. The van der Waals surface area contributed by atoms with Gasteiger partial charge in [0, 0.05) is 88.2 Å². The number of imide groups is 2. The Morgan fingerprint density at radius 1 is 0.818 bits per heavy atom. The number of benzene rings is 3. The molecule has 1 aromatic heterocycles. The van der Waals surface area contributed by atoms with Crippen LogP contribution in [0.15, 0.2) is 65.7 Å². The minimum absolute atomic E-state index is 0.0572. The highest BCUT2D eigenvalue weighted by Gasteiger charge is 2.47. The van der Waals surface area contributed by atoms with E-state index < -0.39 is 51.3 Å². The first kappa shape index (κ1) is 43.8. The van der Waals surface area contributed by atoms with E-state index in [0.717, 1.165) is 37.0 Å². The number of rotatable bonds is 10. The van der Waals surface area contributed by atoms with Crippen molar-refractivity contribution in [2.75, 3.05) is 80.6 Å². The molecule has 0 radical (unpaired) electrons.